The fourth-order valence-electron chi connectivity index (χ4n) is 2.82. The summed E-state index contributed by atoms with van der Waals surface area (Å²) in [6.07, 6.45) is 0.934. The number of rotatable bonds is 7. The van der Waals surface area contributed by atoms with Gasteiger partial charge in [0.1, 0.15) is 0 Å². The average molecular weight is 393 g/mol. The lowest BCUT2D eigenvalue weighted by molar-refractivity contribution is -0.116. The molecule has 28 heavy (non-hydrogen) atoms. The molecule has 3 aromatic rings. The van der Waals surface area contributed by atoms with E-state index < -0.39 is 0 Å². The standard InChI is InChI=1S/C23H21ClN2O2/c24-20-12-10-18(11-13-20)23(28)25-15-14-22(27)26-21-9-5-4-8-19(21)16-17-6-2-1-3-7-17/h1-13H,14-16H2,(H,25,28)(H,26,27). The van der Waals surface area contributed by atoms with E-state index in [1.54, 1.807) is 24.3 Å². The van der Waals surface area contributed by atoms with Gasteiger partial charge in [0.05, 0.1) is 0 Å². The number of para-hydroxylation sites is 1. The van der Waals surface area contributed by atoms with Crippen LogP contribution >= 0.6 is 11.6 Å². The van der Waals surface area contributed by atoms with Crippen molar-refractivity contribution in [3.8, 4) is 0 Å². The van der Waals surface area contributed by atoms with Crippen LogP contribution in [0.3, 0.4) is 0 Å². The first-order chi connectivity index (χ1) is 13.6. The monoisotopic (exact) mass is 392 g/mol. The molecule has 0 heterocycles. The second-order valence-electron chi connectivity index (χ2n) is 6.38. The molecule has 5 heteroatoms. The molecule has 2 amide bonds. The Hall–Kier alpha value is -3.11. The predicted octanol–water partition coefficient (Wildman–Crippen LogP) is 4.69. The molecular formula is C23H21ClN2O2. The van der Waals surface area contributed by atoms with E-state index in [4.69, 9.17) is 11.6 Å². The van der Waals surface area contributed by atoms with E-state index >= 15 is 0 Å². The van der Waals surface area contributed by atoms with Crippen LogP contribution in [0.2, 0.25) is 5.02 Å². The third-order valence-corrected chi connectivity index (χ3v) is 4.52. The zero-order chi connectivity index (χ0) is 19.8. The largest absolute Gasteiger partial charge is 0.352 e. The van der Waals surface area contributed by atoms with Crippen LogP contribution in [0, 0.1) is 0 Å². The zero-order valence-electron chi connectivity index (χ0n) is 15.3. The number of anilines is 1. The summed E-state index contributed by atoms with van der Waals surface area (Å²) in [5.41, 5.74) is 3.53. The number of hydrogen-bond donors (Lipinski definition) is 2. The second-order valence-corrected chi connectivity index (χ2v) is 6.82. The van der Waals surface area contributed by atoms with Crippen molar-refractivity contribution in [2.45, 2.75) is 12.8 Å². The predicted molar refractivity (Wildman–Crippen MR) is 113 cm³/mol. The van der Waals surface area contributed by atoms with Crippen molar-refractivity contribution in [1.29, 1.82) is 0 Å². The Balaban J connectivity index is 1.52. The van der Waals surface area contributed by atoms with Crippen molar-refractivity contribution >= 4 is 29.1 Å². The summed E-state index contributed by atoms with van der Waals surface area (Å²) in [6.45, 7) is 0.258. The first-order valence-electron chi connectivity index (χ1n) is 9.07. The van der Waals surface area contributed by atoms with E-state index in [0.717, 1.165) is 17.7 Å². The van der Waals surface area contributed by atoms with E-state index in [-0.39, 0.29) is 24.8 Å². The molecule has 0 spiro atoms. The van der Waals surface area contributed by atoms with Crippen molar-refractivity contribution in [3.05, 3.63) is 101 Å². The van der Waals surface area contributed by atoms with Gasteiger partial charge >= 0.3 is 0 Å². The van der Waals surface area contributed by atoms with Crippen LogP contribution in [0.4, 0.5) is 5.69 Å². The van der Waals surface area contributed by atoms with E-state index in [1.807, 2.05) is 42.5 Å². The summed E-state index contributed by atoms with van der Waals surface area (Å²) in [4.78, 5) is 24.4. The Morgan fingerprint density at radius 3 is 2.25 bits per heavy atom. The van der Waals surface area contributed by atoms with Gasteiger partial charge in [-0.15, -0.1) is 0 Å². The normalized spacial score (nSPS) is 10.3. The molecule has 3 rings (SSSR count). The molecule has 0 aliphatic heterocycles. The first kappa shape index (κ1) is 19.6. The molecule has 0 aliphatic rings. The van der Waals surface area contributed by atoms with E-state index in [0.29, 0.717) is 10.6 Å². The van der Waals surface area contributed by atoms with E-state index in [2.05, 4.69) is 22.8 Å². The van der Waals surface area contributed by atoms with Crippen LogP contribution in [-0.4, -0.2) is 18.4 Å². The highest BCUT2D eigenvalue weighted by Gasteiger charge is 2.09. The summed E-state index contributed by atoms with van der Waals surface area (Å²) in [7, 11) is 0. The number of benzene rings is 3. The van der Waals surface area contributed by atoms with Crippen molar-refractivity contribution < 1.29 is 9.59 Å². The summed E-state index contributed by atoms with van der Waals surface area (Å²) in [5.74, 6) is -0.370. The number of hydrogen-bond acceptors (Lipinski definition) is 2. The molecule has 0 unspecified atom stereocenters. The van der Waals surface area contributed by atoms with Crippen LogP contribution in [0.25, 0.3) is 0 Å². The van der Waals surface area contributed by atoms with Crippen LogP contribution in [0.1, 0.15) is 27.9 Å². The number of nitrogens with one attached hydrogen (secondary N) is 2. The zero-order valence-corrected chi connectivity index (χ0v) is 16.1. The summed E-state index contributed by atoms with van der Waals surface area (Å²) >= 11 is 5.82. The summed E-state index contributed by atoms with van der Waals surface area (Å²) < 4.78 is 0. The number of carbonyl (C=O) groups excluding carboxylic acids is 2. The highest BCUT2D eigenvalue weighted by Crippen LogP contribution is 2.19. The molecule has 0 aliphatic carbocycles. The Morgan fingerprint density at radius 2 is 1.50 bits per heavy atom. The average Bonchev–Trinajstić information content (AvgIpc) is 2.71. The minimum absolute atomic E-state index is 0.142. The topological polar surface area (TPSA) is 58.2 Å². The van der Waals surface area contributed by atoms with E-state index in [9.17, 15) is 9.59 Å². The maximum atomic E-state index is 12.3. The number of halogens is 1. The van der Waals surface area contributed by atoms with Gasteiger partial charge in [0.15, 0.2) is 0 Å². The molecule has 2 N–H and O–H groups in total. The van der Waals surface area contributed by atoms with Crippen LogP contribution in [0.15, 0.2) is 78.9 Å². The molecule has 0 radical (unpaired) electrons. The molecule has 0 fully saturated rings. The van der Waals surface area contributed by atoms with Gasteiger partial charge in [-0.3, -0.25) is 9.59 Å². The fraction of sp³-hybridized carbons (Fsp3) is 0.130. The number of carbonyl (C=O) groups is 2. The van der Waals surface area contributed by atoms with Crippen LogP contribution in [-0.2, 0) is 11.2 Å². The molecule has 0 atom stereocenters. The minimum atomic E-state index is -0.228. The SMILES string of the molecule is O=C(CCNC(=O)c1ccc(Cl)cc1)Nc1ccccc1Cc1ccccc1. The van der Waals surface area contributed by atoms with Crippen molar-refractivity contribution in [1.82, 2.24) is 5.32 Å². The van der Waals surface area contributed by atoms with Gasteiger partial charge < -0.3 is 10.6 Å². The van der Waals surface area contributed by atoms with Crippen molar-refractivity contribution in [3.63, 3.8) is 0 Å². The number of amides is 2. The Labute approximate surface area is 169 Å². The Morgan fingerprint density at radius 1 is 0.821 bits per heavy atom. The van der Waals surface area contributed by atoms with Gasteiger partial charge in [-0.05, 0) is 47.9 Å². The van der Waals surface area contributed by atoms with Gasteiger partial charge in [0.2, 0.25) is 5.91 Å². The van der Waals surface area contributed by atoms with Crippen molar-refractivity contribution in [2.24, 2.45) is 0 Å². The van der Waals surface area contributed by atoms with Gasteiger partial charge in [-0.25, -0.2) is 0 Å². The lowest BCUT2D eigenvalue weighted by Crippen LogP contribution is -2.27. The van der Waals surface area contributed by atoms with Gasteiger partial charge in [0.25, 0.3) is 5.91 Å². The Bertz CT molecular complexity index is 940. The summed E-state index contributed by atoms with van der Waals surface area (Å²) in [5, 5.41) is 6.26. The molecule has 3 aromatic carbocycles. The molecule has 0 bridgehead atoms. The van der Waals surface area contributed by atoms with Gasteiger partial charge in [-0.2, -0.15) is 0 Å². The molecule has 4 nitrogen and oxygen atoms in total. The molecule has 0 aromatic heterocycles. The third-order valence-electron chi connectivity index (χ3n) is 4.27. The highest BCUT2D eigenvalue weighted by atomic mass is 35.5. The molecule has 0 saturated carbocycles. The van der Waals surface area contributed by atoms with Crippen LogP contribution in [0.5, 0.6) is 0 Å². The smallest absolute Gasteiger partial charge is 0.251 e. The second kappa shape index (κ2) is 9.72. The maximum absolute atomic E-state index is 12.3. The third kappa shape index (κ3) is 5.69. The fourth-order valence-corrected chi connectivity index (χ4v) is 2.94. The quantitative estimate of drug-likeness (QED) is 0.612. The lowest BCUT2D eigenvalue weighted by atomic mass is 10.0. The first-order valence-corrected chi connectivity index (χ1v) is 9.45. The van der Waals surface area contributed by atoms with Gasteiger partial charge in [0, 0.05) is 29.2 Å². The highest BCUT2D eigenvalue weighted by molar-refractivity contribution is 6.30. The lowest BCUT2D eigenvalue weighted by Gasteiger charge is -2.12. The van der Waals surface area contributed by atoms with E-state index in [1.165, 1.54) is 5.56 Å². The maximum Gasteiger partial charge on any atom is 0.251 e. The molecular weight excluding hydrogens is 372 g/mol. The van der Waals surface area contributed by atoms with Crippen molar-refractivity contribution in [2.75, 3.05) is 11.9 Å². The molecule has 142 valence electrons. The molecule has 0 saturated heterocycles. The minimum Gasteiger partial charge on any atom is -0.352 e. The van der Waals surface area contributed by atoms with Crippen LogP contribution < -0.4 is 10.6 Å². The summed E-state index contributed by atoms with van der Waals surface area (Å²) in [6, 6.07) is 24.5. The van der Waals surface area contributed by atoms with Gasteiger partial charge in [-0.1, -0.05) is 60.1 Å². The Kier molecular flexibility index (Phi) is 6.82.